The molecule has 0 saturated carbocycles. The van der Waals surface area contributed by atoms with E-state index in [0.717, 1.165) is 29.8 Å². The monoisotopic (exact) mass is 425 g/mol. The molecule has 2 aliphatic heterocycles. The van der Waals surface area contributed by atoms with Crippen LogP contribution in [-0.2, 0) is 20.7 Å². The van der Waals surface area contributed by atoms with Crippen LogP contribution in [0.1, 0.15) is 5.56 Å². The third kappa shape index (κ3) is 4.94. The third-order valence-corrected chi connectivity index (χ3v) is 6.08. The summed E-state index contributed by atoms with van der Waals surface area (Å²) in [7, 11) is 1.78. The molecule has 0 aliphatic carbocycles. The number of nitrogens with zero attached hydrogens (tertiary/aromatic N) is 3. The lowest BCUT2D eigenvalue weighted by Gasteiger charge is -2.40. The molecule has 2 aliphatic rings. The van der Waals surface area contributed by atoms with E-state index in [0.29, 0.717) is 39.3 Å². The fourth-order valence-corrected chi connectivity index (χ4v) is 4.27. The van der Waals surface area contributed by atoms with E-state index in [4.69, 9.17) is 4.74 Å². The number of hydrogen-bond acceptors (Lipinski definition) is 4. The molecule has 4 rings (SSSR count). The van der Waals surface area contributed by atoms with Crippen LogP contribution < -0.4 is 0 Å². The minimum absolute atomic E-state index is 0.0207. The van der Waals surface area contributed by atoms with Crippen molar-refractivity contribution in [2.45, 2.75) is 12.5 Å². The predicted molar refractivity (Wildman–Crippen MR) is 116 cm³/mol. The fraction of sp³-hybridized carbons (Fsp3) is 0.417. The van der Waals surface area contributed by atoms with Crippen molar-refractivity contribution in [2.24, 2.45) is 0 Å². The van der Waals surface area contributed by atoms with Crippen molar-refractivity contribution >= 4 is 11.8 Å². The van der Waals surface area contributed by atoms with Crippen molar-refractivity contribution in [1.29, 1.82) is 0 Å². The molecule has 0 unspecified atom stereocenters. The average molecular weight is 426 g/mol. The number of rotatable bonds is 5. The Hall–Kier alpha value is -2.77. The summed E-state index contributed by atoms with van der Waals surface area (Å²) in [5.74, 6) is -0.353. The Labute approximate surface area is 182 Å². The summed E-state index contributed by atoms with van der Waals surface area (Å²) < 4.78 is 18.8. The minimum atomic E-state index is -0.547. The van der Waals surface area contributed by atoms with Crippen LogP contribution in [0.2, 0.25) is 0 Å². The SMILES string of the molecule is CN1CCN(C(=O)CN2CCOCC2)[C@H](Cc2ccccc2-c2ccc(F)cc2)C1=O. The largest absolute Gasteiger partial charge is 0.379 e. The Balaban J connectivity index is 1.57. The van der Waals surface area contributed by atoms with E-state index in [1.165, 1.54) is 12.1 Å². The van der Waals surface area contributed by atoms with Gasteiger partial charge in [0.15, 0.2) is 0 Å². The van der Waals surface area contributed by atoms with Gasteiger partial charge < -0.3 is 14.5 Å². The van der Waals surface area contributed by atoms with Gasteiger partial charge in [0.25, 0.3) is 0 Å². The van der Waals surface area contributed by atoms with Crippen LogP contribution in [0.25, 0.3) is 11.1 Å². The predicted octanol–water partition coefficient (Wildman–Crippen LogP) is 2.04. The highest BCUT2D eigenvalue weighted by molar-refractivity contribution is 5.90. The number of carbonyl (C=O) groups is 2. The van der Waals surface area contributed by atoms with E-state index in [1.807, 2.05) is 24.3 Å². The molecule has 2 aromatic carbocycles. The molecule has 6 nitrogen and oxygen atoms in total. The molecule has 2 heterocycles. The Morgan fingerprint density at radius 1 is 1.03 bits per heavy atom. The van der Waals surface area contributed by atoms with Gasteiger partial charge in [-0.1, -0.05) is 36.4 Å². The van der Waals surface area contributed by atoms with Gasteiger partial charge in [0.2, 0.25) is 11.8 Å². The molecule has 1 atom stereocenters. The molecule has 0 spiro atoms. The average Bonchev–Trinajstić information content (AvgIpc) is 2.78. The Morgan fingerprint density at radius 2 is 1.74 bits per heavy atom. The molecule has 2 amide bonds. The highest BCUT2D eigenvalue weighted by Gasteiger charge is 2.36. The van der Waals surface area contributed by atoms with Crippen molar-refractivity contribution < 1.29 is 18.7 Å². The summed E-state index contributed by atoms with van der Waals surface area (Å²) >= 11 is 0. The second-order valence-electron chi connectivity index (χ2n) is 8.12. The summed E-state index contributed by atoms with van der Waals surface area (Å²) in [5, 5.41) is 0. The molecular weight excluding hydrogens is 397 g/mol. The number of benzene rings is 2. The van der Waals surface area contributed by atoms with Gasteiger partial charge in [0, 0.05) is 39.6 Å². The second-order valence-corrected chi connectivity index (χ2v) is 8.12. The number of ether oxygens (including phenoxy) is 1. The highest BCUT2D eigenvalue weighted by Crippen LogP contribution is 2.27. The van der Waals surface area contributed by atoms with Gasteiger partial charge in [-0.2, -0.15) is 0 Å². The molecule has 31 heavy (non-hydrogen) atoms. The van der Waals surface area contributed by atoms with Gasteiger partial charge in [0.1, 0.15) is 11.9 Å². The van der Waals surface area contributed by atoms with E-state index in [1.54, 1.807) is 29.0 Å². The molecule has 0 radical (unpaired) electrons. The quantitative estimate of drug-likeness (QED) is 0.736. The lowest BCUT2D eigenvalue weighted by Crippen LogP contribution is -2.60. The zero-order chi connectivity index (χ0) is 21.8. The minimum Gasteiger partial charge on any atom is -0.379 e. The molecule has 164 valence electrons. The molecule has 0 aromatic heterocycles. The molecule has 2 fully saturated rings. The van der Waals surface area contributed by atoms with Crippen molar-refractivity contribution in [3.8, 4) is 11.1 Å². The number of hydrogen-bond donors (Lipinski definition) is 0. The summed E-state index contributed by atoms with van der Waals surface area (Å²) in [4.78, 5) is 31.7. The topological polar surface area (TPSA) is 53.1 Å². The van der Waals surface area contributed by atoms with Crippen LogP contribution >= 0.6 is 0 Å². The van der Waals surface area contributed by atoms with E-state index in [9.17, 15) is 14.0 Å². The summed E-state index contributed by atoms with van der Waals surface area (Å²) in [6, 6.07) is 13.6. The van der Waals surface area contributed by atoms with Crippen LogP contribution in [0, 0.1) is 5.82 Å². The fourth-order valence-electron chi connectivity index (χ4n) is 4.27. The third-order valence-electron chi connectivity index (χ3n) is 6.08. The van der Waals surface area contributed by atoms with Crippen molar-refractivity contribution in [3.05, 3.63) is 59.9 Å². The van der Waals surface area contributed by atoms with E-state index < -0.39 is 6.04 Å². The highest BCUT2D eigenvalue weighted by atomic mass is 19.1. The first-order chi connectivity index (χ1) is 15.0. The van der Waals surface area contributed by atoms with Crippen LogP contribution in [0.4, 0.5) is 4.39 Å². The van der Waals surface area contributed by atoms with E-state index in [-0.39, 0.29) is 17.6 Å². The zero-order valence-electron chi connectivity index (χ0n) is 17.8. The summed E-state index contributed by atoms with van der Waals surface area (Å²) in [6.07, 6.45) is 0.422. The number of likely N-dealkylation sites (N-methyl/N-ethyl adjacent to an activating group) is 1. The van der Waals surface area contributed by atoms with Crippen molar-refractivity contribution in [1.82, 2.24) is 14.7 Å². The smallest absolute Gasteiger partial charge is 0.245 e. The maximum atomic E-state index is 13.4. The van der Waals surface area contributed by atoms with Crippen LogP contribution in [0.5, 0.6) is 0 Å². The lowest BCUT2D eigenvalue weighted by molar-refractivity contribution is -0.151. The zero-order valence-corrected chi connectivity index (χ0v) is 17.8. The first-order valence-corrected chi connectivity index (χ1v) is 10.7. The number of piperazine rings is 1. The van der Waals surface area contributed by atoms with Gasteiger partial charge in [-0.25, -0.2) is 4.39 Å². The molecule has 0 bridgehead atoms. The molecule has 2 aromatic rings. The molecule has 0 N–H and O–H groups in total. The van der Waals surface area contributed by atoms with E-state index >= 15 is 0 Å². The van der Waals surface area contributed by atoms with Crippen LogP contribution in [-0.4, -0.2) is 85.5 Å². The number of halogens is 1. The lowest BCUT2D eigenvalue weighted by atomic mass is 9.93. The summed E-state index contributed by atoms with van der Waals surface area (Å²) in [6.45, 7) is 4.07. The van der Waals surface area contributed by atoms with Crippen molar-refractivity contribution in [3.63, 3.8) is 0 Å². The molecule has 2 saturated heterocycles. The number of carbonyl (C=O) groups excluding carboxylic acids is 2. The van der Waals surface area contributed by atoms with E-state index in [2.05, 4.69) is 4.90 Å². The number of morpholine rings is 1. The van der Waals surface area contributed by atoms with Crippen LogP contribution in [0.15, 0.2) is 48.5 Å². The second kappa shape index (κ2) is 9.58. The molecule has 7 heteroatoms. The maximum Gasteiger partial charge on any atom is 0.245 e. The first-order valence-electron chi connectivity index (χ1n) is 10.7. The van der Waals surface area contributed by atoms with Crippen molar-refractivity contribution in [2.75, 3.05) is 53.0 Å². The maximum absolute atomic E-state index is 13.4. The Bertz CT molecular complexity index is 928. The van der Waals surface area contributed by atoms with Gasteiger partial charge in [-0.3, -0.25) is 14.5 Å². The number of amides is 2. The Morgan fingerprint density at radius 3 is 2.48 bits per heavy atom. The first kappa shape index (κ1) is 21.5. The van der Waals surface area contributed by atoms with Gasteiger partial charge in [-0.15, -0.1) is 0 Å². The van der Waals surface area contributed by atoms with Gasteiger partial charge in [-0.05, 0) is 28.8 Å². The van der Waals surface area contributed by atoms with Crippen LogP contribution in [0.3, 0.4) is 0 Å². The van der Waals surface area contributed by atoms with Gasteiger partial charge >= 0.3 is 0 Å². The molecular formula is C24H28FN3O3. The standard InChI is InChI=1S/C24H28FN3O3/c1-26-10-11-28(23(29)17-27-12-14-31-15-13-27)22(24(26)30)16-19-4-2-3-5-21(19)18-6-8-20(25)9-7-18/h2-9,22H,10-17H2,1H3/t22-/m1/s1. The Kier molecular flexibility index (Phi) is 6.63. The normalized spacial score (nSPS) is 20.2. The summed E-state index contributed by atoms with van der Waals surface area (Å²) in [5.41, 5.74) is 2.80. The van der Waals surface area contributed by atoms with Gasteiger partial charge in [0.05, 0.1) is 19.8 Å².